The second-order valence-corrected chi connectivity index (χ2v) is 8.07. The molecule has 2 nitrogen and oxygen atoms in total. The molecule has 1 aliphatic rings. The van der Waals surface area contributed by atoms with Crippen molar-refractivity contribution in [3.05, 3.63) is 24.9 Å². The normalized spacial score (nSPS) is 22.9. The molecule has 132 valence electrons. The van der Waals surface area contributed by atoms with Crippen molar-refractivity contribution in [1.29, 1.82) is 0 Å². The first-order valence-corrected chi connectivity index (χ1v) is 9.31. The molecule has 1 aliphatic carbocycles. The largest absolute Gasteiger partial charge is 0.378 e. The Morgan fingerprint density at radius 1 is 1.17 bits per heavy atom. The predicted molar refractivity (Wildman–Crippen MR) is 100 cm³/mol. The maximum absolute atomic E-state index is 12.1. The molecule has 0 amide bonds. The van der Waals surface area contributed by atoms with E-state index in [2.05, 4.69) is 45.0 Å². The zero-order valence-electron chi connectivity index (χ0n) is 16.0. The summed E-state index contributed by atoms with van der Waals surface area (Å²) in [7, 11) is 2.16. The Morgan fingerprint density at radius 2 is 1.74 bits per heavy atom. The fourth-order valence-electron chi connectivity index (χ4n) is 3.64. The summed E-state index contributed by atoms with van der Waals surface area (Å²) < 4.78 is 0. The van der Waals surface area contributed by atoms with E-state index >= 15 is 0 Å². The van der Waals surface area contributed by atoms with Gasteiger partial charge in [0, 0.05) is 31.1 Å². The summed E-state index contributed by atoms with van der Waals surface area (Å²) in [5.74, 6) is 2.78. The van der Waals surface area contributed by atoms with Gasteiger partial charge in [0.25, 0.3) is 0 Å². The summed E-state index contributed by atoms with van der Waals surface area (Å²) in [4.78, 5) is 14.4. The molecule has 0 saturated heterocycles. The number of carbonyl (C=O) groups is 1. The van der Waals surface area contributed by atoms with Crippen LogP contribution in [0.25, 0.3) is 0 Å². The first-order valence-electron chi connectivity index (χ1n) is 9.31. The van der Waals surface area contributed by atoms with Crippen LogP contribution in [0.3, 0.4) is 0 Å². The van der Waals surface area contributed by atoms with E-state index in [1.54, 1.807) is 0 Å². The highest BCUT2D eigenvalue weighted by Crippen LogP contribution is 2.32. The second kappa shape index (κ2) is 9.30. The minimum Gasteiger partial charge on any atom is -0.378 e. The Kier molecular flexibility index (Phi) is 8.08. The van der Waals surface area contributed by atoms with Gasteiger partial charge in [0.15, 0.2) is 0 Å². The molecule has 2 heteroatoms. The number of carbonyl (C=O) groups excluding carboxylic acids is 1. The molecular weight excluding hydrogens is 282 g/mol. The third-order valence-corrected chi connectivity index (χ3v) is 5.52. The Bertz CT molecular complexity index is 402. The topological polar surface area (TPSA) is 20.3 Å². The Labute approximate surface area is 144 Å². The lowest BCUT2D eigenvalue weighted by Gasteiger charge is -2.33. The van der Waals surface area contributed by atoms with Crippen molar-refractivity contribution >= 4 is 5.78 Å². The van der Waals surface area contributed by atoms with Gasteiger partial charge in [-0.15, -0.1) is 6.58 Å². The number of allylic oxidation sites excluding steroid dienone is 2. The fourth-order valence-corrected chi connectivity index (χ4v) is 3.64. The minimum atomic E-state index is 0.186. The van der Waals surface area contributed by atoms with Gasteiger partial charge in [-0.25, -0.2) is 0 Å². The first-order chi connectivity index (χ1) is 10.8. The summed E-state index contributed by atoms with van der Waals surface area (Å²) in [5.41, 5.74) is 1.21. The predicted octanol–water partition coefficient (Wildman–Crippen LogP) is 5.31. The third kappa shape index (κ3) is 6.16. The highest BCUT2D eigenvalue weighted by atomic mass is 16.1. The van der Waals surface area contributed by atoms with Crippen LogP contribution in [0.5, 0.6) is 0 Å². The second-order valence-electron chi connectivity index (χ2n) is 8.07. The molecule has 0 spiro atoms. The van der Waals surface area contributed by atoms with E-state index in [0.717, 1.165) is 25.8 Å². The van der Waals surface area contributed by atoms with E-state index in [9.17, 15) is 4.79 Å². The van der Waals surface area contributed by atoms with E-state index in [-0.39, 0.29) is 5.92 Å². The summed E-state index contributed by atoms with van der Waals surface area (Å²) in [5, 5.41) is 0. The molecule has 0 radical (unpaired) electrons. The monoisotopic (exact) mass is 319 g/mol. The van der Waals surface area contributed by atoms with Crippen molar-refractivity contribution in [2.75, 3.05) is 13.6 Å². The summed E-state index contributed by atoms with van der Waals surface area (Å²) >= 11 is 0. The zero-order chi connectivity index (χ0) is 17.6. The van der Waals surface area contributed by atoms with E-state index < -0.39 is 0 Å². The van der Waals surface area contributed by atoms with Gasteiger partial charge >= 0.3 is 0 Å². The highest BCUT2D eigenvalue weighted by Gasteiger charge is 2.28. The molecule has 1 fully saturated rings. The summed E-state index contributed by atoms with van der Waals surface area (Å²) in [6.07, 6.45) is 7.56. The highest BCUT2D eigenvalue weighted by molar-refractivity contribution is 5.82. The average molecular weight is 320 g/mol. The molecule has 0 aromatic heterocycles. The molecule has 0 aromatic rings. The standard InChI is InChI=1S/C21H37NO/c1-8-19(15(2)3)13-17(6)22(7)14-18-9-11-20(12-10-18)21(23)16(4)5/h8,15-16,18-20H,1,6,9-14H2,2-5,7H3. The van der Waals surface area contributed by atoms with Gasteiger partial charge in [0.2, 0.25) is 0 Å². The van der Waals surface area contributed by atoms with Crippen LogP contribution in [0, 0.1) is 29.6 Å². The molecule has 0 heterocycles. The Morgan fingerprint density at radius 3 is 2.17 bits per heavy atom. The zero-order valence-corrected chi connectivity index (χ0v) is 16.0. The number of rotatable bonds is 9. The van der Waals surface area contributed by atoms with Gasteiger partial charge in [-0.3, -0.25) is 4.79 Å². The van der Waals surface area contributed by atoms with Crippen molar-refractivity contribution < 1.29 is 4.79 Å². The number of Topliss-reactive ketones (excluding diaryl/α,β-unsaturated/α-hetero) is 1. The van der Waals surface area contributed by atoms with E-state index in [1.807, 2.05) is 13.8 Å². The molecule has 1 rings (SSSR count). The van der Waals surface area contributed by atoms with E-state index in [0.29, 0.717) is 29.5 Å². The number of ketones is 1. The van der Waals surface area contributed by atoms with Crippen LogP contribution in [-0.4, -0.2) is 24.3 Å². The van der Waals surface area contributed by atoms with Crippen LogP contribution in [0.1, 0.15) is 59.8 Å². The summed E-state index contributed by atoms with van der Waals surface area (Å²) in [6.45, 7) is 17.8. The van der Waals surface area contributed by atoms with E-state index in [4.69, 9.17) is 0 Å². The number of nitrogens with zero attached hydrogens (tertiary/aromatic N) is 1. The van der Waals surface area contributed by atoms with Crippen molar-refractivity contribution in [2.45, 2.75) is 59.8 Å². The Balaban J connectivity index is 2.41. The molecule has 1 unspecified atom stereocenters. The van der Waals surface area contributed by atoms with E-state index in [1.165, 1.54) is 18.5 Å². The molecule has 0 aliphatic heterocycles. The van der Waals surface area contributed by atoms with Gasteiger partial charge in [-0.2, -0.15) is 0 Å². The number of hydrogen-bond donors (Lipinski definition) is 0. The number of hydrogen-bond acceptors (Lipinski definition) is 2. The van der Waals surface area contributed by atoms with Crippen molar-refractivity contribution in [3.8, 4) is 0 Å². The third-order valence-electron chi connectivity index (χ3n) is 5.52. The quantitative estimate of drug-likeness (QED) is 0.537. The minimum absolute atomic E-state index is 0.186. The van der Waals surface area contributed by atoms with Crippen LogP contribution in [0.4, 0.5) is 0 Å². The summed E-state index contributed by atoms with van der Waals surface area (Å²) in [6, 6.07) is 0. The van der Waals surface area contributed by atoms with Crippen LogP contribution in [0.15, 0.2) is 24.9 Å². The maximum atomic E-state index is 12.1. The van der Waals surface area contributed by atoms with Crippen LogP contribution in [0.2, 0.25) is 0 Å². The first kappa shape index (κ1) is 20.0. The van der Waals surface area contributed by atoms with Crippen LogP contribution < -0.4 is 0 Å². The molecule has 0 N–H and O–H groups in total. The maximum Gasteiger partial charge on any atom is 0.138 e. The Hall–Kier alpha value is -1.05. The van der Waals surface area contributed by atoms with Gasteiger partial charge in [-0.1, -0.05) is 40.3 Å². The molecule has 0 bridgehead atoms. The molecule has 23 heavy (non-hydrogen) atoms. The molecule has 1 atom stereocenters. The van der Waals surface area contributed by atoms with Gasteiger partial charge in [0.05, 0.1) is 0 Å². The smallest absolute Gasteiger partial charge is 0.138 e. The van der Waals surface area contributed by atoms with Gasteiger partial charge in [0.1, 0.15) is 5.78 Å². The lowest BCUT2D eigenvalue weighted by molar-refractivity contribution is -0.127. The lowest BCUT2D eigenvalue weighted by atomic mass is 9.77. The van der Waals surface area contributed by atoms with Gasteiger partial charge < -0.3 is 4.90 Å². The van der Waals surface area contributed by atoms with Crippen LogP contribution >= 0.6 is 0 Å². The molecule has 1 saturated carbocycles. The average Bonchev–Trinajstić information content (AvgIpc) is 2.51. The molecule has 0 aromatic carbocycles. The van der Waals surface area contributed by atoms with Crippen LogP contribution in [-0.2, 0) is 4.79 Å². The fraction of sp³-hybridized carbons (Fsp3) is 0.762. The van der Waals surface area contributed by atoms with Gasteiger partial charge in [-0.05, 0) is 49.9 Å². The lowest BCUT2D eigenvalue weighted by Crippen LogP contribution is -2.31. The van der Waals surface area contributed by atoms with Crippen molar-refractivity contribution in [3.63, 3.8) is 0 Å². The van der Waals surface area contributed by atoms with Crippen molar-refractivity contribution in [2.24, 2.45) is 29.6 Å². The van der Waals surface area contributed by atoms with Crippen molar-refractivity contribution in [1.82, 2.24) is 4.90 Å². The SMILES string of the molecule is C=CC(CC(=C)N(C)CC1CCC(C(=O)C(C)C)CC1)C(C)C. The molecular formula is C21H37NO.